The van der Waals surface area contributed by atoms with Gasteiger partial charge in [-0.1, -0.05) is 41.6 Å². The third kappa shape index (κ3) is 4.45. The van der Waals surface area contributed by atoms with Crippen LogP contribution in [0, 0.1) is 13.8 Å². The lowest BCUT2D eigenvalue weighted by Crippen LogP contribution is -2.31. The minimum absolute atomic E-state index is 0.0564. The summed E-state index contributed by atoms with van der Waals surface area (Å²) in [5.74, 6) is -0.0299. The highest BCUT2D eigenvalue weighted by molar-refractivity contribution is 8.00. The number of hydrogen-bond acceptors (Lipinski definition) is 6. The number of pyridine rings is 1. The van der Waals surface area contributed by atoms with E-state index < -0.39 is 15.9 Å². The summed E-state index contributed by atoms with van der Waals surface area (Å²) in [6.45, 7) is 3.81. The third-order valence-corrected chi connectivity index (χ3v) is 6.44. The van der Waals surface area contributed by atoms with Crippen LogP contribution in [0.3, 0.4) is 0 Å². The van der Waals surface area contributed by atoms with Crippen molar-refractivity contribution < 1.29 is 17.9 Å². The van der Waals surface area contributed by atoms with E-state index in [-0.39, 0.29) is 10.6 Å². The molecule has 1 N–H and O–H groups in total. The number of amides is 1. The zero-order chi connectivity index (χ0) is 20.3. The van der Waals surface area contributed by atoms with Gasteiger partial charge in [-0.15, -0.1) is 0 Å². The number of aromatic nitrogens is 1. The number of para-hydroxylation sites is 1. The normalized spacial score (nSPS) is 11.4. The van der Waals surface area contributed by atoms with E-state index in [4.69, 9.17) is 4.74 Å². The molecule has 1 heterocycles. The van der Waals surface area contributed by atoms with Crippen molar-refractivity contribution in [1.82, 2.24) is 9.71 Å². The molecule has 1 amide bonds. The fraction of sp³-hybridized carbons (Fsp3) is 0.200. The van der Waals surface area contributed by atoms with Gasteiger partial charge in [0, 0.05) is 5.39 Å². The van der Waals surface area contributed by atoms with Crippen molar-refractivity contribution >= 4 is 38.6 Å². The summed E-state index contributed by atoms with van der Waals surface area (Å²) >= 11 is 1.17. The van der Waals surface area contributed by atoms with Crippen LogP contribution in [-0.2, 0) is 14.8 Å². The molecule has 28 heavy (non-hydrogen) atoms. The molecule has 6 nitrogen and oxygen atoms in total. The first-order valence-corrected chi connectivity index (χ1v) is 11.0. The zero-order valence-corrected chi connectivity index (χ0v) is 17.4. The second-order valence-corrected chi connectivity index (χ2v) is 8.94. The molecular weight excluding hydrogens is 396 g/mol. The number of methoxy groups -OCH3 is 1. The van der Waals surface area contributed by atoms with Crippen molar-refractivity contribution in [3.63, 3.8) is 0 Å². The maximum absolute atomic E-state index is 12.3. The molecule has 8 heteroatoms. The van der Waals surface area contributed by atoms with Crippen molar-refractivity contribution in [2.75, 3.05) is 12.9 Å². The Morgan fingerprint density at radius 3 is 2.54 bits per heavy atom. The summed E-state index contributed by atoms with van der Waals surface area (Å²) in [7, 11) is -2.31. The van der Waals surface area contributed by atoms with Crippen LogP contribution in [0.4, 0.5) is 0 Å². The Kier molecular flexibility index (Phi) is 5.90. The molecule has 0 atom stereocenters. The number of rotatable bonds is 6. The number of nitrogens with zero attached hydrogens (tertiary/aromatic N) is 1. The molecule has 0 saturated heterocycles. The Morgan fingerprint density at radius 2 is 1.86 bits per heavy atom. The minimum atomic E-state index is -3.89. The summed E-state index contributed by atoms with van der Waals surface area (Å²) in [5, 5.41) is 1.59. The number of nitrogens with one attached hydrogen (secondary N) is 1. The summed E-state index contributed by atoms with van der Waals surface area (Å²) in [6, 6.07) is 13.9. The average Bonchev–Trinajstić information content (AvgIpc) is 2.66. The number of sulfonamides is 1. The van der Waals surface area contributed by atoms with Crippen molar-refractivity contribution in [2.24, 2.45) is 0 Å². The molecule has 0 aliphatic carbocycles. The van der Waals surface area contributed by atoms with Crippen LogP contribution in [0.5, 0.6) is 5.75 Å². The van der Waals surface area contributed by atoms with Gasteiger partial charge in [-0.25, -0.2) is 18.1 Å². The SMILES string of the molecule is COc1cccc2c(C)cc(SCC(=O)NS(=O)(=O)c3ccc(C)cc3)nc12. The fourth-order valence-electron chi connectivity index (χ4n) is 2.70. The van der Waals surface area contributed by atoms with Gasteiger partial charge in [-0.05, 0) is 43.7 Å². The molecule has 2 aromatic carbocycles. The molecule has 0 bridgehead atoms. The van der Waals surface area contributed by atoms with Crippen LogP contribution in [0.15, 0.2) is 58.5 Å². The van der Waals surface area contributed by atoms with Crippen LogP contribution < -0.4 is 9.46 Å². The number of benzene rings is 2. The number of carbonyl (C=O) groups excluding carboxylic acids is 1. The summed E-state index contributed by atoms with van der Waals surface area (Å²) in [5.41, 5.74) is 2.65. The first-order valence-electron chi connectivity index (χ1n) is 8.49. The zero-order valence-electron chi connectivity index (χ0n) is 15.7. The standard InChI is InChI=1S/C20H20N2O4S2/c1-13-7-9-15(10-8-13)28(24,25)22-18(23)12-27-19-11-14(2)16-5-4-6-17(26-3)20(16)21-19/h4-11H,12H2,1-3H3,(H,22,23). The van der Waals surface area contributed by atoms with Gasteiger partial charge in [0.25, 0.3) is 10.0 Å². The fourth-order valence-corrected chi connectivity index (χ4v) is 4.54. The van der Waals surface area contributed by atoms with Gasteiger partial charge in [0.15, 0.2) is 0 Å². The van der Waals surface area contributed by atoms with Gasteiger partial charge < -0.3 is 4.74 Å². The van der Waals surface area contributed by atoms with E-state index >= 15 is 0 Å². The van der Waals surface area contributed by atoms with Crippen LogP contribution in [-0.4, -0.2) is 32.2 Å². The maximum Gasteiger partial charge on any atom is 0.264 e. The topological polar surface area (TPSA) is 85.4 Å². The van der Waals surface area contributed by atoms with E-state index in [0.717, 1.165) is 16.5 Å². The highest BCUT2D eigenvalue weighted by Crippen LogP contribution is 2.29. The van der Waals surface area contributed by atoms with Gasteiger partial charge in [0.05, 0.1) is 22.8 Å². The molecule has 0 fully saturated rings. The lowest BCUT2D eigenvalue weighted by molar-refractivity contribution is -0.116. The first-order chi connectivity index (χ1) is 13.3. The van der Waals surface area contributed by atoms with Gasteiger partial charge in [0.2, 0.25) is 5.91 Å². The van der Waals surface area contributed by atoms with Crippen LogP contribution in [0.25, 0.3) is 10.9 Å². The molecule has 1 aromatic heterocycles. The average molecular weight is 417 g/mol. The Balaban J connectivity index is 1.73. The van der Waals surface area contributed by atoms with E-state index in [2.05, 4.69) is 9.71 Å². The lowest BCUT2D eigenvalue weighted by atomic mass is 10.1. The smallest absolute Gasteiger partial charge is 0.264 e. The molecule has 0 saturated carbocycles. The molecule has 0 radical (unpaired) electrons. The largest absolute Gasteiger partial charge is 0.494 e. The summed E-state index contributed by atoms with van der Waals surface area (Å²) in [6.07, 6.45) is 0. The monoisotopic (exact) mass is 416 g/mol. The Bertz CT molecular complexity index is 1130. The Morgan fingerprint density at radius 1 is 1.14 bits per heavy atom. The number of aryl methyl sites for hydroxylation is 2. The minimum Gasteiger partial charge on any atom is -0.494 e. The predicted octanol–water partition coefficient (Wildman–Crippen LogP) is 3.46. The van der Waals surface area contributed by atoms with E-state index in [0.29, 0.717) is 16.3 Å². The lowest BCUT2D eigenvalue weighted by Gasteiger charge is -2.10. The number of thioether (sulfide) groups is 1. The number of ether oxygens (including phenoxy) is 1. The first kappa shape index (κ1) is 20.2. The number of fused-ring (bicyclic) bond motifs is 1. The van der Waals surface area contributed by atoms with Crippen molar-refractivity contribution in [3.05, 3.63) is 59.7 Å². The van der Waals surface area contributed by atoms with Crippen molar-refractivity contribution in [1.29, 1.82) is 0 Å². The van der Waals surface area contributed by atoms with E-state index in [9.17, 15) is 13.2 Å². The van der Waals surface area contributed by atoms with Gasteiger partial charge in [-0.2, -0.15) is 0 Å². The number of carbonyl (C=O) groups is 1. The van der Waals surface area contributed by atoms with Crippen LogP contribution in [0.2, 0.25) is 0 Å². The van der Waals surface area contributed by atoms with Gasteiger partial charge in [0.1, 0.15) is 11.3 Å². The molecule has 0 aliphatic rings. The van der Waals surface area contributed by atoms with Crippen LogP contribution in [0.1, 0.15) is 11.1 Å². The van der Waals surface area contributed by atoms with Gasteiger partial charge >= 0.3 is 0 Å². The quantitative estimate of drug-likeness (QED) is 0.620. The van der Waals surface area contributed by atoms with E-state index in [1.165, 1.54) is 23.9 Å². The highest BCUT2D eigenvalue weighted by atomic mass is 32.2. The molecular formula is C20H20N2O4S2. The maximum atomic E-state index is 12.3. The Labute approximate surface area is 168 Å². The molecule has 146 valence electrons. The second kappa shape index (κ2) is 8.20. The molecule has 0 aliphatic heterocycles. The molecule has 3 rings (SSSR count). The highest BCUT2D eigenvalue weighted by Gasteiger charge is 2.18. The second-order valence-electron chi connectivity index (χ2n) is 6.26. The third-order valence-electron chi connectivity index (χ3n) is 4.14. The Hall–Kier alpha value is -2.58. The molecule has 0 spiro atoms. The van der Waals surface area contributed by atoms with Gasteiger partial charge in [-0.3, -0.25) is 4.79 Å². The van der Waals surface area contributed by atoms with Crippen LogP contribution >= 0.6 is 11.8 Å². The summed E-state index contributed by atoms with van der Waals surface area (Å²) < 4.78 is 32.1. The van der Waals surface area contributed by atoms with E-state index in [1.807, 2.05) is 38.1 Å². The molecule has 0 unspecified atom stereocenters. The van der Waals surface area contributed by atoms with Crippen molar-refractivity contribution in [2.45, 2.75) is 23.8 Å². The molecule has 3 aromatic rings. The van der Waals surface area contributed by atoms with E-state index in [1.54, 1.807) is 19.2 Å². The predicted molar refractivity (Wildman–Crippen MR) is 110 cm³/mol. The van der Waals surface area contributed by atoms with Crippen molar-refractivity contribution in [3.8, 4) is 5.75 Å². The summed E-state index contributed by atoms with van der Waals surface area (Å²) in [4.78, 5) is 16.8. The number of hydrogen-bond donors (Lipinski definition) is 1.